The molecule has 2 aliphatic carbocycles. The lowest BCUT2D eigenvalue weighted by Crippen LogP contribution is -2.43. The van der Waals surface area contributed by atoms with Crippen LogP contribution in [0.1, 0.15) is 49.7 Å². The van der Waals surface area contributed by atoms with Gasteiger partial charge in [0.15, 0.2) is 6.61 Å². The Hall–Kier alpha value is -3.15. The Kier molecular flexibility index (Phi) is 6.40. The molecule has 34 heavy (non-hydrogen) atoms. The second kappa shape index (κ2) is 9.61. The van der Waals surface area contributed by atoms with Gasteiger partial charge in [0.05, 0.1) is 11.8 Å². The van der Waals surface area contributed by atoms with E-state index in [0.29, 0.717) is 25.9 Å². The lowest BCUT2D eigenvalue weighted by atomic mass is 9.78. The van der Waals surface area contributed by atoms with E-state index in [0.717, 1.165) is 37.8 Å². The Labute approximate surface area is 200 Å². The fraction of sp³-hybridized carbons (Fsp3) is 0.464. The highest BCUT2D eigenvalue weighted by Crippen LogP contribution is 2.47. The molecule has 6 nitrogen and oxygen atoms in total. The van der Waals surface area contributed by atoms with Gasteiger partial charge in [0.2, 0.25) is 5.91 Å². The second-order valence-corrected chi connectivity index (χ2v) is 9.90. The van der Waals surface area contributed by atoms with Crippen molar-refractivity contribution in [3.8, 4) is 0 Å². The van der Waals surface area contributed by atoms with Crippen molar-refractivity contribution in [1.29, 1.82) is 0 Å². The molecular weight excluding hydrogens is 428 g/mol. The molecule has 1 N–H and O–H groups in total. The third-order valence-electron chi connectivity index (χ3n) is 7.75. The van der Waals surface area contributed by atoms with Crippen molar-refractivity contribution in [2.75, 3.05) is 24.6 Å². The molecule has 2 fully saturated rings. The van der Waals surface area contributed by atoms with Crippen LogP contribution in [0.5, 0.6) is 0 Å². The van der Waals surface area contributed by atoms with E-state index in [9.17, 15) is 14.4 Å². The molecular formula is C28H32N2O4. The van der Waals surface area contributed by atoms with Gasteiger partial charge in [-0.15, -0.1) is 0 Å². The normalized spacial score (nSPS) is 22.5. The van der Waals surface area contributed by atoms with Gasteiger partial charge in [-0.25, -0.2) is 0 Å². The molecule has 2 aromatic rings. The standard InChI is InChI=1S/C28H32N2O4/c31-25(29-19-28(15-16-28)21-9-2-1-3-10-21)18-34-27(33)23-12-6-5-11-22(23)26(32)30-17-14-20-8-4-7-13-24(20)30/h1-4,7-10,13,22-23H,5-6,11-12,14-19H2,(H,29,31). The molecule has 2 saturated carbocycles. The zero-order chi connectivity index (χ0) is 23.5. The number of para-hydroxylation sites is 1. The maximum absolute atomic E-state index is 13.4. The molecule has 2 amide bonds. The van der Waals surface area contributed by atoms with Crippen LogP contribution in [0, 0.1) is 11.8 Å². The number of carbonyl (C=O) groups is 3. The molecule has 1 aliphatic heterocycles. The quantitative estimate of drug-likeness (QED) is 0.638. The molecule has 178 valence electrons. The number of esters is 1. The number of amides is 2. The Morgan fingerprint density at radius 3 is 2.41 bits per heavy atom. The summed E-state index contributed by atoms with van der Waals surface area (Å²) in [7, 11) is 0. The van der Waals surface area contributed by atoms with Crippen LogP contribution in [-0.2, 0) is 31.0 Å². The molecule has 0 saturated heterocycles. The Morgan fingerprint density at radius 2 is 1.65 bits per heavy atom. The fourth-order valence-electron chi connectivity index (χ4n) is 5.55. The number of hydrogen-bond donors (Lipinski definition) is 1. The summed E-state index contributed by atoms with van der Waals surface area (Å²) in [5, 5.41) is 2.94. The predicted molar refractivity (Wildman–Crippen MR) is 129 cm³/mol. The first-order chi connectivity index (χ1) is 16.6. The van der Waals surface area contributed by atoms with Gasteiger partial charge >= 0.3 is 5.97 Å². The predicted octanol–water partition coefficient (Wildman–Crippen LogP) is 3.77. The van der Waals surface area contributed by atoms with Gasteiger partial charge in [-0.2, -0.15) is 0 Å². The van der Waals surface area contributed by atoms with Gasteiger partial charge in [-0.1, -0.05) is 61.4 Å². The van der Waals surface area contributed by atoms with Crippen LogP contribution < -0.4 is 10.2 Å². The average Bonchev–Trinajstić information content (AvgIpc) is 3.57. The Bertz CT molecular complexity index is 1060. The minimum absolute atomic E-state index is 0.00777. The summed E-state index contributed by atoms with van der Waals surface area (Å²) in [5.74, 6) is -1.58. The molecule has 2 unspecified atom stereocenters. The summed E-state index contributed by atoms with van der Waals surface area (Å²) in [6.45, 7) is 0.905. The third-order valence-corrected chi connectivity index (χ3v) is 7.75. The molecule has 2 aromatic carbocycles. The van der Waals surface area contributed by atoms with Crippen molar-refractivity contribution in [1.82, 2.24) is 5.32 Å². The zero-order valence-electron chi connectivity index (χ0n) is 19.5. The van der Waals surface area contributed by atoms with Crippen LogP contribution in [0.15, 0.2) is 54.6 Å². The van der Waals surface area contributed by atoms with Gasteiger partial charge in [-0.05, 0) is 49.3 Å². The first kappa shape index (κ1) is 22.6. The number of ether oxygens (including phenoxy) is 1. The van der Waals surface area contributed by atoms with Crippen LogP contribution in [0.3, 0.4) is 0 Å². The molecule has 0 bridgehead atoms. The maximum Gasteiger partial charge on any atom is 0.310 e. The van der Waals surface area contributed by atoms with E-state index in [1.165, 1.54) is 11.1 Å². The highest BCUT2D eigenvalue weighted by atomic mass is 16.5. The number of nitrogens with zero attached hydrogens (tertiary/aromatic N) is 1. The van der Waals surface area contributed by atoms with E-state index in [2.05, 4.69) is 23.5 Å². The Morgan fingerprint density at radius 1 is 0.941 bits per heavy atom. The van der Waals surface area contributed by atoms with E-state index in [4.69, 9.17) is 4.74 Å². The summed E-state index contributed by atoms with van der Waals surface area (Å²) in [4.78, 5) is 40.6. The SMILES string of the molecule is O=C(COC(=O)C1CCCCC1C(=O)N1CCc2ccccc21)NCC1(c2ccccc2)CC1. The molecule has 6 heteroatoms. The molecule has 1 heterocycles. The first-order valence-electron chi connectivity index (χ1n) is 12.5. The van der Waals surface area contributed by atoms with Crippen LogP contribution in [0.25, 0.3) is 0 Å². The minimum atomic E-state index is -0.485. The van der Waals surface area contributed by atoms with E-state index >= 15 is 0 Å². The van der Waals surface area contributed by atoms with Crippen molar-refractivity contribution in [3.05, 3.63) is 65.7 Å². The highest BCUT2D eigenvalue weighted by molar-refractivity contribution is 5.99. The molecule has 0 radical (unpaired) electrons. The van der Waals surface area contributed by atoms with Crippen LogP contribution in [-0.4, -0.2) is 37.5 Å². The van der Waals surface area contributed by atoms with E-state index in [1.807, 2.05) is 41.3 Å². The van der Waals surface area contributed by atoms with E-state index in [-0.39, 0.29) is 29.8 Å². The molecule has 3 aliphatic rings. The number of anilines is 1. The van der Waals surface area contributed by atoms with Crippen molar-refractivity contribution in [2.45, 2.75) is 50.4 Å². The Balaban J connectivity index is 1.15. The van der Waals surface area contributed by atoms with Gasteiger partial charge in [-0.3, -0.25) is 14.4 Å². The van der Waals surface area contributed by atoms with E-state index in [1.54, 1.807) is 0 Å². The topological polar surface area (TPSA) is 75.7 Å². The summed E-state index contributed by atoms with van der Waals surface area (Å²) in [6.07, 6.45) is 6.07. The molecule has 0 spiro atoms. The first-order valence-corrected chi connectivity index (χ1v) is 12.5. The van der Waals surface area contributed by atoms with Gasteiger partial charge in [0.25, 0.3) is 5.91 Å². The largest absolute Gasteiger partial charge is 0.455 e. The smallest absolute Gasteiger partial charge is 0.310 e. The molecule has 5 rings (SSSR count). The van der Waals surface area contributed by atoms with Crippen LogP contribution >= 0.6 is 0 Å². The molecule has 0 aromatic heterocycles. The average molecular weight is 461 g/mol. The fourth-order valence-corrected chi connectivity index (χ4v) is 5.55. The number of nitrogens with one attached hydrogen (secondary N) is 1. The lowest BCUT2D eigenvalue weighted by molar-refractivity contribution is -0.157. The second-order valence-electron chi connectivity index (χ2n) is 9.90. The summed E-state index contributed by atoms with van der Waals surface area (Å²) in [6, 6.07) is 18.2. The number of carbonyl (C=O) groups excluding carboxylic acids is 3. The third kappa shape index (κ3) is 4.59. The highest BCUT2D eigenvalue weighted by Gasteiger charge is 2.44. The monoisotopic (exact) mass is 460 g/mol. The van der Waals surface area contributed by atoms with E-state index < -0.39 is 11.9 Å². The summed E-state index contributed by atoms with van der Waals surface area (Å²) < 4.78 is 5.43. The van der Waals surface area contributed by atoms with Crippen molar-refractivity contribution >= 4 is 23.5 Å². The zero-order valence-corrected chi connectivity index (χ0v) is 19.5. The number of hydrogen-bond acceptors (Lipinski definition) is 4. The number of benzene rings is 2. The van der Waals surface area contributed by atoms with Crippen molar-refractivity contribution in [3.63, 3.8) is 0 Å². The van der Waals surface area contributed by atoms with Gasteiger partial charge in [0.1, 0.15) is 0 Å². The van der Waals surface area contributed by atoms with Gasteiger partial charge < -0.3 is 15.0 Å². The lowest BCUT2D eigenvalue weighted by Gasteiger charge is -2.32. The van der Waals surface area contributed by atoms with Gasteiger partial charge in [0, 0.05) is 24.2 Å². The number of rotatable bonds is 7. The molecule has 2 atom stereocenters. The minimum Gasteiger partial charge on any atom is -0.455 e. The summed E-state index contributed by atoms with van der Waals surface area (Å²) in [5.41, 5.74) is 3.37. The van der Waals surface area contributed by atoms with Crippen molar-refractivity contribution in [2.24, 2.45) is 11.8 Å². The number of fused-ring (bicyclic) bond motifs is 1. The maximum atomic E-state index is 13.4. The van der Waals surface area contributed by atoms with Crippen LogP contribution in [0.4, 0.5) is 5.69 Å². The van der Waals surface area contributed by atoms with Crippen LogP contribution in [0.2, 0.25) is 0 Å². The summed E-state index contributed by atoms with van der Waals surface area (Å²) >= 11 is 0. The van der Waals surface area contributed by atoms with Crippen molar-refractivity contribution < 1.29 is 19.1 Å².